The van der Waals surface area contributed by atoms with Crippen molar-refractivity contribution in [2.24, 2.45) is 11.3 Å². The van der Waals surface area contributed by atoms with Crippen molar-refractivity contribution in [3.8, 4) is 0 Å². The standard InChI is InChI=1S/C24H32O4/c1-17(2)7-6-11-23(5)12-8-19-16-27-21-10-14-28-24(19,21)20(23)9-13-26-22(25)15-18(3)4/h7-10,13-15,20-21H,6,11-12,16H2,1-5H3/b13-9+/t20-,21+,23+,24-/m1/s1. The van der Waals surface area contributed by atoms with E-state index in [1.807, 2.05) is 26.0 Å². The summed E-state index contributed by atoms with van der Waals surface area (Å²) in [4.78, 5) is 11.9. The fourth-order valence-corrected chi connectivity index (χ4v) is 4.61. The van der Waals surface area contributed by atoms with Crippen molar-refractivity contribution >= 4 is 5.97 Å². The summed E-state index contributed by atoms with van der Waals surface area (Å²) in [6.07, 6.45) is 16.3. The molecule has 3 aliphatic rings. The predicted molar refractivity (Wildman–Crippen MR) is 110 cm³/mol. The number of hydrogen-bond acceptors (Lipinski definition) is 4. The largest absolute Gasteiger partial charge is 0.487 e. The van der Waals surface area contributed by atoms with Crippen LogP contribution >= 0.6 is 0 Å². The number of allylic oxidation sites excluding steroid dienone is 4. The van der Waals surface area contributed by atoms with Gasteiger partial charge in [-0.25, -0.2) is 4.79 Å². The Morgan fingerprint density at radius 1 is 1.29 bits per heavy atom. The van der Waals surface area contributed by atoms with Gasteiger partial charge in [0.25, 0.3) is 0 Å². The molecule has 2 aliphatic heterocycles. The van der Waals surface area contributed by atoms with E-state index in [4.69, 9.17) is 14.2 Å². The molecule has 0 radical (unpaired) electrons. The molecule has 1 fully saturated rings. The van der Waals surface area contributed by atoms with Crippen molar-refractivity contribution < 1.29 is 19.0 Å². The topological polar surface area (TPSA) is 44.8 Å². The van der Waals surface area contributed by atoms with Gasteiger partial charge < -0.3 is 14.2 Å². The number of carbonyl (C=O) groups excluding carboxylic acids is 1. The Morgan fingerprint density at radius 2 is 2.07 bits per heavy atom. The van der Waals surface area contributed by atoms with Crippen molar-refractivity contribution in [2.75, 3.05) is 6.61 Å². The van der Waals surface area contributed by atoms with Gasteiger partial charge in [-0.05, 0) is 70.1 Å². The Labute approximate surface area is 168 Å². The second-order valence-corrected chi connectivity index (χ2v) is 8.84. The Kier molecular flexibility index (Phi) is 5.99. The molecule has 28 heavy (non-hydrogen) atoms. The van der Waals surface area contributed by atoms with E-state index in [9.17, 15) is 4.79 Å². The molecule has 1 spiro atoms. The van der Waals surface area contributed by atoms with Gasteiger partial charge in [-0.1, -0.05) is 30.2 Å². The van der Waals surface area contributed by atoms with Crippen LogP contribution in [0.4, 0.5) is 0 Å². The molecule has 152 valence electrons. The first-order chi connectivity index (χ1) is 13.3. The molecule has 1 aliphatic carbocycles. The monoisotopic (exact) mass is 384 g/mol. The van der Waals surface area contributed by atoms with E-state index in [-0.39, 0.29) is 23.4 Å². The van der Waals surface area contributed by atoms with Crippen molar-refractivity contribution in [1.82, 2.24) is 0 Å². The average Bonchev–Trinajstić information content (AvgIpc) is 3.14. The van der Waals surface area contributed by atoms with Crippen molar-refractivity contribution in [3.63, 3.8) is 0 Å². The van der Waals surface area contributed by atoms with Gasteiger partial charge in [0.1, 0.15) is 6.10 Å². The summed E-state index contributed by atoms with van der Waals surface area (Å²) in [7, 11) is 0. The van der Waals surface area contributed by atoms with Crippen LogP contribution in [0.15, 0.2) is 59.6 Å². The summed E-state index contributed by atoms with van der Waals surface area (Å²) in [6.45, 7) is 10.9. The predicted octanol–water partition coefficient (Wildman–Crippen LogP) is 5.39. The average molecular weight is 385 g/mol. The minimum absolute atomic E-state index is 0.0210. The molecule has 0 bridgehead atoms. The lowest BCUT2D eigenvalue weighted by molar-refractivity contribution is -0.132. The number of carbonyl (C=O) groups is 1. The van der Waals surface area contributed by atoms with E-state index in [0.717, 1.165) is 24.8 Å². The van der Waals surface area contributed by atoms with Gasteiger partial charge in [-0.15, -0.1) is 0 Å². The van der Waals surface area contributed by atoms with Gasteiger partial charge >= 0.3 is 5.97 Å². The molecule has 2 heterocycles. The zero-order valence-corrected chi connectivity index (χ0v) is 17.7. The highest BCUT2D eigenvalue weighted by molar-refractivity contribution is 5.83. The molecule has 0 unspecified atom stereocenters. The third-order valence-electron chi connectivity index (χ3n) is 6.02. The molecule has 0 N–H and O–H groups in total. The fraction of sp³-hybridized carbons (Fsp3) is 0.542. The van der Waals surface area contributed by atoms with Crippen LogP contribution in [0.2, 0.25) is 0 Å². The molecule has 4 nitrogen and oxygen atoms in total. The van der Waals surface area contributed by atoms with Crippen LogP contribution in [0.1, 0.15) is 53.9 Å². The molecule has 3 rings (SSSR count). The second-order valence-electron chi connectivity index (χ2n) is 8.84. The van der Waals surface area contributed by atoms with Crippen molar-refractivity contribution in [2.45, 2.75) is 65.6 Å². The van der Waals surface area contributed by atoms with E-state index >= 15 is 0 Å². The quantitative estimate of drug-likeness (QED) is 0.267. The SMILES string of the molecule is CC(C)=CCC[C@@]1(C)CC=C2CO[C@H]3C=CO[C@@]23[C@@H]1/C=C/OC(=O)C=C(C)C. The maximum atomic E-state index is 11.9. The highest BCUT2D eigenvalue weighted by atomic mass is 16.6. The molecular weight excluding hydrogens is 352 g/mol. The number of ether oxygens (including phenoxy) is 3. The third-order valence-corrected chi connectivity index (χ3v) is 6.02. The van der Waals surface area contributed by atoms with Gasteiger partial charge in [0.2, 0.25) is 0 Å². The molecule has 4 atom stereocenters. The number of esters is 1. The molecule has 4 heteroatoms. The van der Waals surface area contributed by atoms with E-state index in [2.05, 4.69) is 32.9 Å². The van der Waals surface area contributed by atoms with Gasteiger partial charge in [0, 0.05) is 12.0 Å². The first kappa shape index (κ1) is 20.7. The van der Waals surface area contributed by atoms with E-state index in [1.165, 1.54) is 17.2 Å². The van der Waals surface area contributed by atoms with Crippen LogP contribution in [-0.4, -0.2) is 24.3 Å². The normalized spacial score (nSPS) is 33.0. The molecule has 0 saturated carbocycles. The zero-order valence-electron chi connectivity index (χ0n) is 17.7. The third kappa shape index (κ3) is 3.88. The minimum Gasteiger partial charge on any atom is -0.487 e. The second kappa shape index (κ2) is 8.12. The highest BCUT2D eigenvalue weighted by Gasteiger charge is 2.61. The van der Waals surface area contributed by atoms with Crippen molar-refractivity contribution in [3.05, 3.63) is 59.6 Å². The molecule has 0 amide bonds. The van der Waals surface area contributed by atoms with E-state index in [1.54, 1.807) is 12.5 Å². The number of rotatable bonds is 6. The first-order valence-electron chi connectivity index (χ1n) is 10.1. The smallest absolute Gasteiger partial charge is 0.335 e. The Balaban J connectivity index is 1.88. The summed E-state index contributed by atoms with van der Waals surface area (Å²) in [6, 6.07) is 0. The van der Waals surface area contributed by atoms with Gasteiger partial charge in [-0.3, -0.25) is 0 Å². The first-order valence-corrected chi connectivity index (χ1v) is 10.1. The van der Waals surface area contributed by atoms with E-state index in [0.29, 0.717) is 6.61 Å². The van der Waals surface area contributed by atoms with Crippen LogP contribution < -0.4 is 0 Å². The summed E-state index contributed by atoms with van der Waals surface area (Å²) in [5.74, 6) is -0.302. The Morgan fingerprint density at radius 3 is 2.79 bits per heavy atom. The van der Waals surface area contributed by atoms with Crippen LogP contribution in [0, 0.1) is 11.3 Å². The molecule has 0 aromatic carbocycles. The fourth-order valence-electron chi connectivity index (χ4n) is 4.61. The minimum atomic E-state index is -0.516. The molecule has 0 aromatic heterocycles. The van der Waals surface area contributed by atoms with Crippen LogP contribution in [0.5, 0.6) is 0 Å². The molecule has 1 saturated heterocycles. The molecular formula is C24H32O4. The molecule has 0 aromatic rings. The Bertz CT molecular complexity index is 761. The number of hydrogen-bond donors (Lipinski definition) is 0. The summed E-state index contributed by atoms with van der Waals surface area (Å²) in [5.41, 5.74) is 2.91. The Hall–Kier alpha value is -2.07. The summed E-state index contributed by atoms with van der Waals surface area (Å²) >= 11 is 0. The van der Waals surface area contributed by atoms with Crippen LogP contribution in [-0.2, 0) is 19.0 Å². The van der Waals surface area contributed by atoms with E-state index < -0.39 is 5.60 Å². The lowest BCUT2D eigenvalue weighted by atomic mass is 9.58. The van der Waals surface area contributed by atoms with Gasteiger partial charge in [0.15, 0.2) is 5.60 Å². The highest BCUT2D eigenvalue weighted by Crippen LogP contribution is 2.57. The van der Waals surface area contributed by atoms with Crippen LogP contribution in [0.3, 0.4) is 0 Å². The summed E-state index contributed by atoms with van der Waals surface area (Å²) in [5, 5.41) is 0. The van der Waals surface area contributed by atoms with Gasteiger partial charge in [0.05, 0.1) is 19.1 Å². The van der Waals surface area contributed by atoms with Crippen LogP contribution in [0.25, 0.3) is 0 Å². The maximum Gasteiger partial charge on any atom is 0.335 e. The lowest BCUT2D eigenvalue weighted by Crippen LogP contribution is -2.53. The maximum absolute atomic E-state index is 11.9. The summed E-state index contributed by atoms with van der Waals surface area (Å²) < 4.78 is 17.6. The zero-order chi connectivity index (χ0) is 20.4. The van der Waals surface area contributed by atoms with Crippen molar-refractivity contribution in [1.29, 1.82) is 0 Å². The van der Waals surface area contributed by atoms with Gasteiger partial charge in [-0.2, -0.15) is 0 Å². The lowest BCUT2D eigenvalue weighted by Gasteiger charge is -2.49.